The molecule has 5 heteroatoms. The number of nitrogens with one attached hydrogen (secondary N) is 1. The highest BCUT2D eigenvalue weighted by molar-refractivity contribution is 7.90. The number of thiophene rings is 1. The van der Waals surface area contributed by atoms with Crippen LogP contribution in [0.15, 0.2) is 11.4 Å². The summed E-state index contributed by atoms with van der Waals surface area (Å²) in [6.07, 6.45) is 0. The minimum absolute atomic E-state index is 0.00663. The summed E-state index contributed by atoms with van der Waals surface area (Å²) in [7, 11) is 0. The molecule has 1 heterocycles. The molecule has 0 spiro atoms. The minimum atomic E-state index is -1.09. The van der Waals surface area contributed by atoms with Crippen LogP contribution in [-0.4, -0.2) is 9.30 Å². The van der Waals surface area contributed by atoms with E-state index in [4.69, 9.17) is 5.26 Å². The minimum Gasteiger partial charge on any atom is -0.598 e. The van der Waals surface area contributed by atoms with Crippen LogP contribution in [0.2, 0.25) is 0 Å². The van der Waals surface area contributed by atoms with Crippen molar-refractivity contribution >= 4 is 22.7 Å². The van der Waals surface area contributed by atoms with Crippen molar-refractivity contribution in [2.24, 2.45) is 0 Å². The van der Waals surface area contributed by atoms with Crippen LogP contribution in [0.25, 0.3) is 0 Å². The first kappa shape index (κ1) is 13.5. The van der Waals surface area contributed by atoms with E-state index in [0.717, 1.165) is 4.88 Å². The molecule has 16 heavy (non-hydrogen) atoms. The molecule has 0 saturated heterocycles. The van der Waals surface area contributed by atoms with Crippen molar-refractivity contribution in [3.63, 3.8) is 0 Å². The Morgan fingerprint density at radius 3 is 2.62 bits per heavy atom. The third-order valence-electron chi connectivity index (χ3n) is 2.02. The third-order valence-corrected chi connectivity index (χ3v) is 4.81. The van der Waals surface area contributed by atoms with E-state index in [9.17, 15) is 4.55 Å². The van der Waals surface area contributed by atoms with Gasteiger partial charge in [-0.3, -0.25) is 0 Å². The van der Waals surface area contributed by atoms with Gasteiger partial charge in [0.15, 0.2) is 0 Å². The van der Waals surface area contributed by atoms with E-state index in [0.29, 0.717) is 5.56 Å². The van der Waals surface area contributed by atoms with E-state index in [1.165, 1.54) is 11.3 Å². The van der Waals surface area contributed by atoms with Crippen LogP contribution in [0, 0.1) is 11.3 Å². The van der Waals surface area contributed by atoms with Crippen LogP contribution in [0.5, 0.6) is 0 Å². The fourth-order valence-corrected chi connectivity index (χ4v) is 2.75. The molecule has 1 rings (SSSR count). The molecule has 0 aliphatic carbocycles. The lowest BCUT2D eigenvalue weighted by molar-refractivity contribution is 0.532. The Morgan fingerprint density at radius 2 is 2.19 bits per heavy atom. The Hall–Kier alpha value is -0.540. The smallest absolute Gasteiger partial charge is 0.136 e. The first-order valence-electron chi connectivity index (χ1n) is 5.01. The second kappa shape index (κ2) is 5.19. The zero-order valence-corrected chi connectivity index (χ0v) is 11.5. The quantitative estimate of drug-likeness (QED) is 0.846. The second-order valence-electron chi connectivity index (χ2n) is 4.57. The van der Waals surface area contributed by atoms with E-state index in [2.05, 4.69) is 10.8 Å². The van der Waals surface area contributed by atoms with E-state index in [1.807, 2.05) is 39.1 Å². The van der Waals surface area contributed by atoms with E-state index in [-0.39, 0.29) is 10.8 Å². The van der Waals surface area contributed by atoms with Crippen LogP contribution >= 0.6 is 11.3 Å². The summed E-state index contributed by atoms with van der Waals surface area (Å²) >= 11 is 0.429. The van der Waals surface area contributed by atoms with Gasteiger partial charge in [0.05, 0.1) is 11.6 Å². The van der Waals surface area contributed by atoms with Gasteiger partial charge in [0.2, 0.25) is 0 Å². The van der Waals surface area contributed by atoms with Crippen molar-refractivity contribution in [1.29, 1.82) is 5.26 Å². The molecule has 0 aliphatic rings. The van der Waals surface area contributed by atoms with Crippen molar-refractivity contribution in [2.45, 2.75) is 38.5 Å². The molecule has 1 unspecified atom stereocenters. The monoisotopic (exact) mass is 256 g/mol. The summed E-state index contributed by atoms with van der Waals surface area (Å²) in [5.74, 6) is 0. The number of hydrogen-bond donors (Lipinski definition) is 1. The molecule has 2 atom stereocenters. The first-order chi connectivity index (χ1) is 7.34. The Bertz CT molecular complexity index is 389. The molecule has 88 valence electrons. The standard InChI is InChI=1S/C11H16N2OS2/c1-8(13-16(14)11(2,3)4)10-5-9(6-12)7-15-10/h5,7-8,13H,1-4H3/t8-,16?/m0/s1. The highest BCUT2D eigenvalue weighted by Gasteiger charge is 2.28. The fourth-order valence-electron chi connectivity index (χ4n) is 1.03. The predicted octanol–water partition coefficient (Wildman–Crippen LogP) is 2.73. The van der Waals surface area contributed by atoms with Gasteiger partial charge in [0.1, 0.15) is 10.8 Å². The molecule has 0 saturated carbocycles. The van der Waals surface area contributed by atoms with Crippen molar-refractivity contribution < 1.29 is 4.55 Å². The summed E-state index contributed by atoms with van der Waals surface area (Å²) < 4.78 is 14.6. The van der Waals surface area contributed by atoms with Gasteiger partial charge >= 0.3 is 0 Å². The zero-order chi connectivity index (χ0) is 12.3. The normalized spacial score (nSPS) is 15.5. The maximum Gasteiger partial charge on any atom is 0.136 e. The molecule has 0 aromatic carbocycles. The summed E-state index contributed by atoms with van der Waals surface area (Å²) in [6.45, 7) is 7.74. The Kier molecular flexibility index (Phi) is 4.39. The van der Waals surface area contributed by atoms with Gasteiger partial charge in [0, 0.05) is 21.6 Å². The Balaban J connectivity index is 2.66. The lowest BCUT2D eigenvalue weighted by Gasteiger charge is -2.26. The number of hydrogen-bond acceptors (Lipinski definition) is 4. The molecule has 3 nitrogen and oxygen atoms in total. The predicted molar refractivity (Wildman–Crippen MR) is 68.5 cm³/mol. The van der Waals surface area contributed by atoms with Crippen molar-refractivity contribution in [3.05, 3.63) is 21.9 Å². The second-order valence-corrected chi connectivity index (χ2v) is 7.51. The van der Waals surface area contributed by atoms with Gasteiger partial charge in [-0.25, -0.2) is 0 Å². The van der Waals surface area contributed by atoms with E-state index >= 15 is 0 Å². The zero-order valence-electron chi connectivity index (χ0n) is 9.90. The maximum atomic E-state index is 11.9. The van der Waals surface area contributed by atoms with Gasteiger partial charge in [-0.15, -0.1) is 16.1 Å². The van der Waals surface area contributed by atoms with Crippen LogP contribution < -0.4 is 4.72 Å². The Morgan fingerprint density at radius 1 is 1.56 bits per heavy atom. The molecule has 0 amide bonds. The summed E-state index contributed by atoms with van der Waals surface area (Å²) in [5.41, 5.74) is 0.662. The van der Waals surface area contributed by atoms with Crippen LogP contribution in [0.1, 0.15) is 44.2 Å². The molecule has 1 aromatic heterocycles. The molecule has 1 N–H and O–H groups in total. The molecule has 0 radical (unpaired) electrons. The number of nitriles is 1. The van der Waals surface area contributed by atoms with Crippen LogP contribution in [0.4, 0.5) is 0 Å². The highest BCUT2D eigenvalue weighted by atomic mass is 32.2. The summed E-state index contributed by atoms with van der Waals surface area (Å²) in [4.78, 5) is 1.04. The average Bonchev–Trinajstić information content (AvgIpc) is 2.64. The van der Waals surface area contributed by atoms with Crippen molar-refractivity contribution in [2.75, 3.05) is 0 Å². The molecule has 0 fully saturated rings. The largest absolute Gasteiger partial charge is 0.598 e. The highest BCUT2D eigenvalue weighted by Crippen LogP contribution is 2.24. The number of rotatable bonds is 3. The van der Waals surface area contributed by atoms with Crippen LogP contribution in [-0.2, 0) is 11.4 Å². The lowest BCUT2D eigenvalue weighted by Crippen LogP contribution is -2.40. The average molecular weight is 256 g/mol. The summed E-state index contributed by atoms with van der Waals surface area (Å²) in [6, 6.07) is 3.93. The van der Waals surface area contributed by atoms with Gasteiger partial charge in [-0.1, -0.05) is 0 Å². The van der Waals surface area contributed by atoms with Crippen molar-refractivity contribution in [1.82, 2.24) is 4.72 Å². The topological polar surface area (TPSA) is 58.9 Å². The molecule has 1 aromatic rings. The van der Waals surface area contributed by atoms with Crippen molar-refractivity contribution in [3.8, 4) is 6.07 Å². The summed E-state index contributed by atoms with van der Waals surface area (Å²) in [5, 5.41) is 10.5. The molecular weight excluding hydrogens is 240 g/mol. The van der Waals surface area contributed by atoms with E-state index in [1.54, 1.807) is 0 Å². The van der Waals surface area contributed by atoms with Gasteiger partial charge in [-0.05, 0) is 33.8 Å². The molecule has 0 aliphatic heterocycles. The van der Waals surface area contributed by atoms with Crippen LogP contribution in [0.3, 0.4) is 0 Å². The van der Waals surface area contributed by atoms with Gasteiger partial charge < -0.3 is 4.55 Å². The number of nitrogens with zero attached hydrogens (tertiary/aromatic N) is 1. The van der Waals surface area contributed by atoms with Gasteiger partial charge in [0.25, 0.3) is 0 Å². The SMILES string of the molecule is C[C@H](N[S+]([O-])C(C)(C)C)c1cc(C#N)cs1. The molecular formula is C11H16N2OS2. The van der Waals surface area contributed by atoms with E-state index < -0.39 is 11.4 Å². The lowest BCUT2D eigenvalue weighted by atomic mass is 10.2. The van der Waals surface area contributed by atoms with Gasteiger partial charge in [-0.2, -0.15) is 5.26 Å². The fraction of sp³-hybridized carbons (Fsp3) is 0.545. The maximum absolute atomic E-state index is 11.9. The third kappa shape index (κ3) is 3.49. The Labute approximate surface area is 104 Å². The first-order valence-corrected chi connectivity index (χ1v) is 7.04. The molecule has 0 bridgehead atoms.